The Morgan fingerprint density at radius 3 is 2.65 bits per heavy atom. The third-order valence-electron chi connectivity index (χ3n) is 3.02. The minimum absolute atomic E-state index is 0.138. The maximum Gasteiger partial charge on any atom is 0.137 e. The van der Waals surface area contributed by atoms with Gasteiger partial charge in [-0.3, -0.25) is 0 Å². The Hall–Kier alpha value is -0.870. The van der Waals surface area contributed by atoms with Gasteiger partial charge < -0.3 is 10.0 Å². The zero-order chi connectivity index (χ0) is 12.4. The van der Waals surface area contributed by atoms with Gasteiger partial charge in [-0.2, -0.15) is 0 Å². The molecule has 17 heavy (non-hydrogen) atoms. The summed E-state index contributed by atoms with van der Waals surface area (Å²) in [7, 11) is 0. The fraction of sp³-hybridized carbons (Fsp3) is 0.667. The van der Waals surface area contributed by atoms with Crippen molar-refractivity contribution in [3.05, 3.63) is 16.5 Å². The van der Waals surface area contributed by atoms with E-state index in [9.17, 15) is 0 Å². The Balaban J connectivity index is 2.36. The highest BCUT2D eigenvalue weighted by molar-refractivity contribution is 6.30. The van der Waals surface area contributed by atoms with Crippen molar-refractivity contribution in [2.24, 2.45) is 0 Å². The van der Waals surface area contributed by atoms with Crippen LogP contribution in [0.4, 0.5) is 5.82 Å². The molecule has 1 aromatic rings. The van der Waals surface area contributed by atoms with Gasteiger partial charge in [-0.05, 0) is 19.8 Å². The molecular formula is C12H18ClN3O. The highest BCUT2D eigenvalue weighted by Gasteiger charge is 2.31. The van der Waals surface area contributed by atoms with Gasteiger partial charge in [0.25, 0.3) is 0 Å². The fourth-order valence-electron chi connectivity index (χ4n) is 1.91. The maximum absolute atomic E-state index is 9.14. The summed E-state index contributed by atoms with van der Waals surface area (Å²) in [5, 5.41) is 9.67. The molecule has 1 aliphatic rings. The van der Waals surface area contributed by atoms with Gasteiger partial charge in [-0.25, -0.2) is 9.97 Å². The Kier molecular flexibility index (Phi) is 3.84. The second-order valence-electron chi connectivity index (χ2n) is 4.38. The third-order valence-corrected chi connectivity index (χ3v) is 3.39. The molecule has 0 radical (unpaired) electrons. The molecule has 0 bridgehead atoms. The molecule has 1 saturated carbocycles. The van der Waals surface area contributed by atoms with Crippen molar-refractivity contribution < 1.29 is 5.11 Å². The molecule has 1 aliphatic carbocycles. The number of anilines is 1. The standard InChI is InChI=1S/C12H18ClN3O/c1-3-10-14-11(13)8(2)12(15-10)16(6-7-17)9-4-5-9/h9,17H,3-7H2,1-2H3. The fourth-order valence-corrected chi connectivity index (χ4v) is 2.10. The molecule has 1 fully saturated rings. The average molecular weight is 256 g/mol. The first kappa shape index (κ1) is 12.6. The summed E-state index contributed by atoms with van der Waals surface area (Å²) in [6.07, 6.45) is 3.11. The first-order valence-electron chi connectivity index (χ1n) is 6.07. The molecule has 1 heterocycles. The monoisotopic (exact) mass is 255 g/mol. The van der Waals surface area contributed by atoms with Crippen LogP contribution in [0.2, 0.25) is 5.15 Å². The number of aliphatic hydroxyl groups is 1. The van der Waals surface area contributed by atoms with Crippen molar-refractivity contribution >= 4 is 17.4 Å². The molecule has 0 saturated heterocycles. The highest BCUT2D eigenvalue weighted by atomic mass is 35.5. The molecule has 5 heteroatoms. The lowest BCUT2D eigenvalue weighted by atomic mass is 10.3. The Morgan fingerprint density at radius 1 is 1.41 bits per heavy atom. The second-order valence-corrected chi connectivity index (χ2v) is 4.74. The van der Waals surface area contributed by atoms with Crippen LogP contribution in [0.5, 0.6) is 0 Å². The van der Waals surface area contributed by atoms with E-state index in [1.807, 2.05) is 13.8 Å². The largest absolute Gasteiger partial charge is 0.395 e. The molecule has 2 rings (SSSR count). The summed E-state index contributed by atoms with van der Waals surface area (Å²) in [6, 6.07) is 0.511. The number of halogens is 1. The van der Waals surface area contributed by atoms with Gasteiger partial charge in [0.2, 0.25) is 0 Å². The second kappa shape index (κ2) is 5.19. The van der Waals surface area contributed by atoms with E-state index in [1.165, 1.54) is 12.8 Å². The first-order chi connectivity index (χ1) is 8.17. The number of aliphatic hydroxyl groups excluding tert-OH is 1. The summed E-state index contributed by atoms with van der Waals surface area (Å²) in [4.78, 5) is 10.9. The van der Waals surface area contributed by atoms with Crippen LogP contribution in [0, 0.1) is 6.92 Å². The van der Waals surface area contributed by atoms with E-state index in [0.29, 0.717) is 17.7 Å². The van der Waals surface area contributed by atoms with Crippen molar-refractivity contribution in [2.45, 2.75) is 39.2 Å². The SMILES string of the molecule is CCc1nc(Cl)c(C)c(N(CCO)C2CC2)n1. The molecule has 0 unspecified atom stereocenters. The number of hydrogen-bond donors (Lipinski definition) is 1. The summed E-state index contributed by atoms with van der Waals surface area (Å²) in [6.45, 7) is 4.70. The number of aromatic nitrogens is 2. The normalized spacial score (nSPS) is 15.1. The molecule has 0 amide bonds. The van der Waals surface area contributed by atoms with Crippen molar-refractivity contribution in [3.63, 3.8) is 0 Å². The van der Waals surface area contributed by atoms with Gasteiger partial charge in [0.05, 0.1) is 6.61 Å². The van der Waals surface area contributed by atoms with Crippen LogP contribution in [-0.4, -0.2) is 34.3 Å². The van der Waals surface area contributed by atoms with Gasteiger partial charge >= 0.3 is 0 Å². The van der Waals surface area contributed by atoms with E-state index in [2.05, 4.69) is 14.9 Å². The van der Waals surface area contributed by atoms with Crippen LogP contribution >= 0.6 is 11.6 Å². The van der Waals surface area contributed by atoms with Crippen molar-refractivity contribution in [2.75, 3.05) is 18.1 Å². The predicted molar refractivity (Wildman–Crippen MR) is 68.6 cm³/mol. The van der Waals surface area contributed by atoms with Gasteiger partial charge in [0.15, 0.2) is 0 Å². The van der Waals surface area contributed by atoms with Crippen LogP contribution in [0.25, 0.3) is 0 Å². The molecule has 0 atom stereocenters. The molecule has 0 spiro atoms. The van der Waals surface area contributed by atoms with Gasteiger partial charge in [0, 0.05) is 24.6 Å². The van der Waals surface area contributed by atoms with E-state index >= 15 is 0 Å². The van der Waals surface area contributed by atoms with Crippen molar-refractivity contribution in [1.29, 1.82) is 0 Å². The van der Waals surface area contributed by atoms with E-state index in [0.717, 1.165) is 23.6 Å². The van der Waals surface area contributed by atoms with E-state index in [4.69, 9.17) is 16.7 Å². The van der Waals surface area contributed by atoms with Gasteiger partial charge in [-0.1, -0.05) is 18.5 Å². The minimum atomic E-state index is 0.138. The summed E-state index contributed by atoms with van der Waals surface area (Å²) in [5.74, 6) is 1.65. The lowest BCUT2D eigenvalue weighted by Crippen LogP contribution is -2.31. The van der Waals surface area contributed by atoms with Crippen LogP contribution < -0.4 is 4.90 Å². The molecule has 94 valence electrons. The van der Waals surface area contributed by atoms with Crippen LogP contribution in [0.3, 0.4) is 0 Å². The zero-order valence-corrected chi connectivity index (χ0v) is 11.0. The van der Waals surface area contributed by atoms with Gasteiger partial charge in [0.1, 0.15) is 16.8 Å². The zero-order valence-electron chi connectivity index (χ0n) is 10.3. The van der Waals surface area contributed by atoms with Gasteiger partial charge in [-0.15, -0.1) is 0 Å². The lowest BCUT2D eigenvalue weighted by molar-refractivity contribution is 0.301. The molecule has 0 aliphatic heterocycles. The van der Waals surface area contributed by atoms with E-state index < -0.39 is 0 Å². The van der Waals surface area contributed by atoms with Crippen LogP contribution in [0.1, 0.15) is 31.2 Å². The Morgan fingerprint density at radius 2 is 2.12 bits per heavy atom. The third kappa shape index (κ3) is 2.69. The molecule has 0 aromatic carbocycles. The minimum Gasteiger partial charge on any atom is -0.395 e. The maximum atomic E-state index is 9.14. The van der Waals surface area contributed by atoms with E-state index in [1.54, 1.807) is 0 Å². The van der Waals surface area contributed by atoms with Crippen molar-refractivity contribution in [3.8, 4) is 0 Å². The first-order valence-corrected chi connectivity index (χ1v) is 6.45. The van der Waals surface area contributed by atoms with Crippen LogP contribution in [-0.2, 0) is 6.42 Å². The number of nitrogens with zero attached hydrogens (tertiary/aromatic N) is 3. The van der Waals surface area contributed by atoms with Crippen LogP contribution in [0.15, 0.2) is 0 Å². The van der Waals surface area contributed by atoms with E-state index in [-0.39, 0.29) is 6.61 Å². The smallest absolute Gasteiger partial charge is 0.137 e. The summed E-state index contributed by atoms with van der Waals surface area (Å²) >= 11 is 6.13. The topological polar surface area (TPSA) is 49.2 Å². The molecule has 1 N–H and O–H groups in total. The quantitative estimate of drug-likeness (QED) is 0.818. The average Bonchev–Trinajstić information content (AvgIpc) is 3.14. The number of rotatable bonds is 5. The Bertz CT molecular complexity index is 407. The predicted octanol–water partition coefficient (Wildman–Crippen LogP) is 1.96. The Labute approximate surface area is 107 Å². The summed E-state index contributed by atoms with van der Waals surface area (Å²) < 4.78 is 0. The van der Waals surface area contributed by atoms with Crippen molar-refractivity contribution in [1.82, 2.24) is 9.97 Å². The molecule has 1 aromatic heterocycles. The molecule has 4 nitrogen and oxygen atoms in total. The highest BCUT2D eigenvalue weighted by Crippen LogP contribution is 2.33. The number of aryl methyl sites for hydroxylation is 1. The molecular weight excluding hydrogens is 238 g/mol. The lowest BCUT2D eigenvalue weighted by Gasteiger charge is -2.24. The number of hydrogen-bond acceptors (Lipinski definition) is 4. The summed E-state index contributed by atoms with van der Waals surface area (Å²) in [5.41, 5.74) is 0.907.